The SMILES string of the molecule is O=C(Cc1ccc(F)cc1)Nc1nc(-c2ccccc2Cl)cs1. The van der Waals surface area contributed by atoms with E-state index in [4.69, 9.17) is 11.6 Å². The molecule has 23 heavy (non-hydrogen) atoms. The van der Waals surface area contributed by atoms with Gasteiger partial charge in [0.25, 0.3) is 0 Å². The predicted octanol–water partition coefficient (Wildman–Crippen LogP) is 4.78. The normalized spacial score (nSPS) is 10.5. The van der Waals surface area contributed by atoms with E-state index in [0.29, 0.717) is 10.2 Å². The molecule has 0 saturated carbocycles. The van der Waals surface area contributed by atoms with Crippen LogP contribution in [-0.4, -0.2) is 10.9 Å². The van der Waals surface area contributed by atoms with Gasteiger partial charge in [0.2, 0.25) is 5.91 Å². The quantitative estimate of drug-likeness (QED) is 0.738. The van der Waals surface area contributed by atoms with Gasteiger partial charge in [-0.1, -0.05) is 41.9 Å². The smallest absolute Gasteiger partial charge is 0.230 e. The molecular formula is C17H12ClFN2OS. The Morgan fingerprint density at radius 3 is 2.65 bits per heavy atom. The highest BCUT2D eigenvalue weighted by Crippen LogP contribution is 2.30. The summed E-state index contributed by atoms with van der Waals surface area (Å²) in [5.74, 6) is -0.518. The average Bonchev–Trinajstić information content (AvgIpc) is 2.98. The van der Waals surface area contributed by atoms with Crippen molar-refractivity contribution < 1.29 is 9.18 Å². The molecule has 0 aliphatic carbocycles. The Morgan fingerprint density at radius 1 is 1.17 bits per heavy atom. The van der Waals surface area contributed by atoms with Gasteiger partial charge in [-0.05, 0) is 23.8 Å². The molecule has 0 fully saturated rings. The molecule has 3 nitrogen and oxygen atoms in total. The van der Waals surface area contributed by atoms with Crippen LogP contribution in [0.15, 0.2) is 53.9 Å². The number of nitrogens with one attached hydrogen (secondary N) is 1. The van der Waals surface area contributed by atoms with Gasteiger partial charge in [0.15, 0.2) is 5.13 Å². The number of hydrogen-bond acceptors (Lipinski definition) is 3. The highest BCUT2D eigenvalue weighted by atomic mass is 35.5. The summed E-state index contributed by atoms with van der Waals surface area (Å²) in [4.78, 5) is 16.4. The third-order valence-corrected chi connectivity index (χ3v) is 4.27. The van der Waals surface area contributed by atoms with Gasteiger partial charge in [0.1, 0.15) is 5.82 Å². The number of hydrogen-bond donors (Lipinski definition) is 1. The predicted molar refractivity (Wildman–Crippen MR) is 91.3 cm³/mol. The van der Waals surface area contributed by atoms with Crippen LogP contribution in [0.2, 0.25) is 5.02 Å². The number of aromatic nitrogens is 1. The zero-order chi connectivity index (χ0) is 16.2. The summed E-state index contributed by atoms with van der Waals surface area (Å²) in [6.45, 7) is 0. The summed E-state index contributed by atoms with van der Waals surface area (Å²) in [6, 6.07) is 13.3. The first kappa shape index (κ1) is 15.6. The second-order valence-electron chi connectivity index (χ2n) is 4.87. The van der Waals surface area contributed by atoms with E-state index in [2.05, 4.69) is 10.3 Å². The van der Waals surface area contributed by atoms with Gasteiger partial charge in [-0.3, -0.25) is 4.79 Å². The van der Waals surface area contributed by atoms with E-state index in [0.717, 1.165) is 16.8 Å². The third kappa shape index (κ3) is 3.94. The molecule has 0 radical (unpaired) electrons. The van der Waals surface area contributed by atoms with E-state index < -0.39 is 0 Å². The highest BCUT2D eigenvalue weighted by Gasteiger charge is 2.10. The number of rotatable bonds is 4. The minimum atomic E-state index is -0.321. The zero-order valence-corrected chi connectivity index (χ0v) is 13.5. The van der Waals surface area contributed by atoms with E-state index in [-0.39, 0.29) is 18.1 Å². The molecule has 0 bridgehead atoms. The van der Waals surface area contributed by atoms with Crippen molar-refractivity contribution in [3.05, 3.63) is 70.3 Å². The lowest BCUT2D eigenvalue weighted by molar-refractivity contribution is -0.115. The molecule has 1 heterocycles. The standard InChI is InChI=1S/C17H12ClFN2OS/c18-14-4-2-1-3-13(14)15-10-23-17(20-15)21-16(22)9-11-5-7-12(19)8-6-11/h1-8,10H,9H2,(H,20,21,22). The Labute approximate surface area is 141 Å². The zero-order valence-electron chi connectivity index (χ0n) is 11.9. The first-order valence-electron chi connectivity index (χ1n) is 6.86. The maximum absolute atomic E-state index is 12.8. The van der Waals surface area contributed by atoms with E-state index >= 15 is 0 Å². The second kappa shape index (κ2) is 6.89. The molecule has 0 unspecified atom stereocenters. The summed E-state index contributed by atoms with van der Waals surface area (Å²) in [5.41, 5.74) is 2.29. The lowest BCUT2D eigenvalue weighted by Crippen LogP contribution is -2.14. The molecule has 1 N–H and O–H groups in total. The van der Waals surface area contributed by atoms with Gasteiger partial charge in [-0.15, -0.1) is 11.3 Å². The fraction of sp³-hybridized carbons (Fsp3) is 0.0588. The van der Waals surface area contributed by atoms with E-state index in [1.54, 1.807) is 18.2 Å². The van der Waals surface area contributed by atoms with Crippen molar-refractivity contribution in [3.8, 4) is 11.3 Å². The molecule has 0 aliphatic heterocycles. The number of anilines is 1. The maximum atomic E-state index is 12.8. The molecule has 3 aromatic rings. The Hall–Kier alpha value is -2.24. The number of halogens is 2. The highest BCUT2D eigenvalue weighted by molar-refractivity contribution is 7.14. The van der Waals surface area contributed by atoms with Crippen LogP contribution in [0.25, 0.3) is 11.3 Å². The Kier molecular flexibility index (Phi) is 4.69. The molecule has 3 rings (SSSR count). The van der Waals surface area contributed by atoms with Crippen LogP contribution in [0, 0.1) is 5.82 Å². The number of thiazole rings is 1. The number of benzene rings is 2. The lowest BCUT2D eigenvalue weighted by Gasteiger charge is -2.02. The first-order valence-corrected chi connectivity index (χ1v) is 8.12. The molecular weight excluding hydrogens is 335 g/mol. The van der Waals surface area contributed by atoms with Gasteiger partial charge in [0.05, 0.1) is 12.1 Å². The van der Waals surface area contributed by atoms with Crippen molar-refractivity contribution >= 4 is 34.0 Å². The van der Waals surface area contributed by atoms with Crippen molar-refractivity contribution in [1.82, 2.24) is 4.98 Å². The minimum Gasteiger partial charge on any atom is -0.302 e. The molecule has 6 heteroatoms. The van der Waals surface area contributed by atoms with Crippen LogP contribution in [0.3, 0.4) is 0 Å². The monoisotopic (exact) mass is 346 g/mol. The largest absolute Gasteiger partial charge is 0.302 e. The number of amides is 1. The van der Waals surface area contributed by atoms with Crippen molar-refractivity contribution in [1.29, 1.82) is 0 Å². The van der Waals surface area contributed by atoms with Crippen LogP contribution in [0.1, 0.15) is 5.56 Å². The minimum absolute atomic E-state index is 0.168. The third-order valence-electron chi connectivity index (χ3n) is 3.18. The number of nitrogens with zero attached hydrogens (tertiary/aromatic N) is 1. The Bertz CT molecular complexity index is 833. The average molecular weight is 347 g/mol. The topological polar surface area (TPSA) is 42.0 Å². The Morgan fingerprint density at radius 2 is 1.91 bits per heavy atom. The van der Waals surface area contributed by atoms with Crippen LogP contribution in [0.5, 0.6) is 0 Å². The van der Waals surface area contributed by atoms with Crippen LogP contribution in [0.4, 0.5) is 9.52 Å². The van der Waals surface area contributed by atoms with Gasteiger partial charge >= 0.3 is 0 Å². The molecule has 1 amide bonds. The molecule has 116 valence electrons. The van der Waals surface area contributed by atoms with Crippen molar-refractivity contribution in [2.75, 3.05) is 5.32 Å². The summed E-state index contributed by atoms with van der Waals surface area (Å²) in [5, 5.41) is 5.71. The fourth-order valence-electron chi connectivity index (χ4n) is 2.07. The summed E-state index contributed by atoms with van der Waals surface area (Å²) in [6.07, 6.45) is 0.168. The van der Waals surface area contributed by atoms with Crippen LogP contribution in [-0.2, 0) is 11.2 Å². The van der Waals surface area contributed by atoms with Crippen molar-refractivity contribution in [2.24, 2.45) is 0 Å². The van der Waals surface area contributed by atoms with Crippen LogP contribution < -0.4 is 5.32 Å². The summed E-state index contributed by atoms with van der Waals surface area (Å²) < 4.78 is 12.8. The molecule has 1 aromatic heterocycles. The van der Waals surface area contributed by atoms with E-state index in [1.165, 1.54) is 23.5 Å². The van der Waals surface area contributed by atoms with Gasteiger partial charge in [-0.25, -0.2) is 9.37 Å². The van der Waals surface area contributed by atoms with Crippen molar-refractivity contribution in [2.45, 2.75) is 6.42 Å². The van der Waals surface area contributed by atoms with Gasteiger partial charge in [-0.2, -0.15) is 0 Å². The number of carbonyl (C=O) groups excluding carboxylic acids is 1. The van der Waals surface area contributed by atoms with E-state index in [9.17, 15) is 9.18 Å². The molecule has 0 atom stereocenters. The second-order valence-corrected chi connectivity index (χ2v) is 6.13. The summed E-state index contributed by atoms with van der Waals surface area (Å²) in [7, 11) is 0. The summed E-state index contributed by atoms with van der Waals surface area (Å²) >= 11 is 7.47. The lowest BCUT2D eigenvalue weighted by atomic mass is 10.1. The Balaban J connectivity index is 1.68. The molecule has 0 saturated heterocycles. The van der Waals surface area contributed by atoms with Gasteiger partial charge < -0.3 is 5.32 Å². The first-order chi connectivity index (χ1) is 11.1. The van der Waals surface area contributed by atoms with Gasteiger partial charge in [0, 0.05) is 16.0 Å². The fourth-order valence-corrected chi connectivity index (χ4v) is 3.03. The molecule has 0 spiro atoms. The van der Waals surface area contributed by atoms with Crippen LogP contribution >= 0.6 is 22.9 Å². The van der Waals surface area contributed by atoms with Crippen molar-refractivity contribution in [3.63, 3.8) is 0 Å². The van der Waals surface area contributed by atoms with E-state index in [1.807, 2.05) is 23.6 Å². The maximum Gasteiger partial charge on any atom is 0.230 e. The molecule has 0 aliphatic rings. The number of carbonyl (C=O) groups is 1. The molecule has 2 aromatic carbocycles.